The van der Waals surface area contributed by atoms with Crippen molar-refractivity contribution in [2.75, 3.05) is 11.5 Å². The molecule has 0 heterocycles. The van der Waals surface area contributed by atoms with Gasteiger partial charge in [-0.2, -0.15) is 0 Å². The molecule has 1 N–H and O–H groups in total. The lowest BCUT2D eigenvalue weighted by Gasteiger charge is -2.20. The minimum atomic E-state index is -2.92. The van der Waals surface area contributed by atoms with Crippen molar-refractivity contribution in [3.63, 3.8) is 0 Å². The van der Waals surface area contributed by atoms with Gasteiger partial charge in [0.15, 0.2) is 9.84 Å². The number of benzene rings is 1. The first-order valence-electron chi connectivity index (χ1n) is 6.37. The summed E-state index contributed by atoms with van der Waals surface area (Å²) in [4.78, 5) is 0. The zero-order valence-electron chi connectivity index (χ0n) is 11.6. The van der Waals surface area contributed by atoms with Crippen molar-refractivity contribution in [3.05, 3.63) is 35.4 Å². The highest BCUT2D eigenvalue weighted by Crippen LogP contribution is 2.14. The predicted molar refractivity (Wildman–Crippen MR) is 76.5 cm³/mol. The van der Waals surface area contributed by atoms with E-state index < -0.39 is 9.84 Å². The second-order valence-electron chi connectivity index (χ2n) is 4.90. The van der Waals surface area contributed by atoms with Gasteiger partial charge in [0, 0.05) is 17.8 Å². The fourth-order valence-corrected chi connectivity index (χ4v) is 3.10. The smallest absolute Gasteiger partial charge is 0.151 e. The Hall–Kier alpha value is -0.870. The van der Waals surface area contributed by atoms with E-state index in [2.05, 4.69) is 37.4 Å². The van der Waals surface area contributed by atoms with Crippen LogP contribution in [0.15, 0.2) is 24.3 Å². The predicted octanol–water partition coefficient (Wildman–Crippen LogP) is 2.47. The third-order valence-electron chi connectivity index (χ3n) is 3.02. The maximum absolute atomic E-state index is 11.5. The average Bonchev–Trinajstić information content (AvgIpc) is 2.28. The third kappa shape index (κ3) is 4.78. The zero-order chi connectivity index (χ0) is 13.8. The van der Waals surface area contributed by atoms with Crippen LogP contribution < -0.4 is 5.32 Å². The van der Waals surface area contributed by atoms with E-state index in [1.54, 1.807) is 6.92 Å². The van der Waals surface area contributed by atoms with Gasteiger partial charge in [-0.25, -0.2) is 8.42 Å². The van der Waals surface area contributed by atoms with Gasteiger partial charge in [-0.3, -0.25) is 0 Å². The Morgan fingerprint density at radius 1 is 1.28 bits per heavy atom. The maximum Gasteiger partial charge on any atom is 0.151 e. The zero-order valence-corrected chi connectivity index (χ0v) is 12.4. The summed E-state index contributed by atoms with van der Waals surface area (Å²) >= 11 is 0. The molecule has 1 unspecified atom stereocenters. The second-order valence-corrected chi connectivity index (χ2v) is 7.30. The summed E-state index contributed by atoms with van der Waals surface area (Å²) in [5.74, 6) is 0.400. The van der Waals surface area contributed by atoms with Crippen LogP contribution in [-0.4, -0.2) is 26.0 Å². The molecule has 0 radical (unpaired) electrons. The summed E-state index contributed by atoms with van der Waals surface area (Å²) < 4.78 is 23.1. The van der Waals surface area contributed by atoms with Gasteiger partial charge in [0.05, 0.1) is 5.75 Å². The lowest BCUT2D eigenvalue weighted by Crippen LogP contribution is -2.35. The Bertz CT molecular complexity index is 482. The van der Waals surface area contributed by atoms with Gasteiger partial charge < -0.3 is 5.32 Å². The van der Waals surface area contributed by atoms with E-state index >= 15 is 0 Å². The molecular formula is C14H23NO2S. The molecule has 0 spiro atoms. The number of aryl methyl sites for hydroxylation is 1. The molecule has 0 saturated carbocycles. The van der Waals surface area contributed by atoms with Gasteiger partial charge in [-0.05, 0) is 26.3 Å². The molecule has 0 aliphatic rings. The normalized spacial score (nSPS) is 15.3. The van der Waals surface area contributed by atoms with Crippen molar-refractivity contribution in [1.82, 2.24) is 5.32 Å². The van der Waals surface area contributed by atoms with Gasteiger partial charge in [0.25, 0.3) is 0 Å². The molecule has 1 aromatic carbocycles. The van der Waals surface area contributed by atoms with Gasteiger partial charge in [0.2, 0.25) is 0 Å². The van der Waals surface area contributed by atoms with Gasteiger partial charge >= 0.3 is 0 Å². The minimum Gasteiger partial charge on any atom is -0.307 e. The van der Waals surface area contributed by atoms with Crippen LogP contribution in [0.2, 0.25) is 0 Å². The van der Waals surface area contributed by atoms with E-state index in [4.69, 9.17) is 0 Å². The number of hydrogen-bond acceptors (Lipinski definition) is 3. The van der Waals surface area contributed by atoms with E-state index in [0.29, 0.717) is 0 Å². The number of sulfone groups is 1. The Balaban J connectivity index is 2.62. The Morgan fingerprint density at radius 2 is 1.94 bits per heavy atom. The largest absolute Gasteiger partial charge is 0.307 e. The van der Waals surface area contributed by atoms with Gasteiger partial charge in [-0.15, -0.1) is 0 Å². The molecule has 0 aromatic heterocycles. The van der Waals surface area contributed by atoms with Crippen molar-refractivity contribution in [2.45, 2.75) is 39.8 Å². The lowest BCUT2D eigenvalue weighted by atomic mass is 10.1. The number of nitrogens with one attached hydrogen (secondary N) is 1. The molecule has 18 heavy (non-hydrogen) atoms. The first-order valence-corrected chi connectivity index (χ1v) is 8.19. The molecule has 0 aliphatic heterocycles. The molecule has 2 atom stereocenters. The van der Waals surface area contributed by atoms with Crippen LogP contribution in [-0.2, 0) is 9.84 Å². The van der Waals surface area contributed by atoms with Gasteiger partial charge in [-0.1, -0.05) is 36.8 Å². The molecule has 0 saturated heterocycles. The molecule has 0 amide bonds. The fraction of sp³-hybridized carbons (Fsp3) is 0.571. The summed E-state index contributed by atoms with van der Waals surface area (Å²) in [5, 5.41) is 3.33. The van der Waals surface area contributed by atoms with Crippen molar-refractivity contribution >= 4 is 9.84 Å². The monoisotopic (exact) mass is 269 g/mol. The summed E-state index contributed by atoms with van der Waals surface area (Å²) in [6.45, 7) is 7.72. The number of hydrogen-bond donors (Lipinski definition) is 1. The summed E-state index contributed by atoms with van der Waals surface area (Å²) in [6, 6.07) is 8.39. The fourth-order valence-electron chi connectivity index (χ4n) is 2.01. The minimum absolute atomic E-state index is 0.0366. The SMILES string of the molecule is CCS(=O)(=O)CC(C)N[C@H](C)c1cccc(C)c1. The first-order chi connectivity index (χ1) is 8.34. The van der Waals surface area contributed by atoms with Crippen LogP contribution in [0.25, 0.3) is 0 Å². The topological polar surface area (TPSA) is 46.2 Å². The summed E-state index contributed by atoms with van der Waals surface area (Å²) in [5.41, 5.74) is 2.41. The Kier molecular flexibility index (Phi) is 5.35. The van der Waals surface area contributed by atoms with Gasteiger partial charge in [0.1, 0.15) is 0 Å². The Morgan fingerprint density at radius 3 is 2.50 bits per heavy atom. The van der Waals surface area contributed by atoms with Crippen LogP contribution in [0.1, 0.15) is 37.9 Å². The Labute approximate surface area is 111 Å². The highest BCUT2D eigenvalue weighted by Gasteiger charge is 2.16. The number of rotatable bonds is 6. The molecule has 102 valence electrons. The van der Waals surface area contributed by atoms with Crippen molar-refractivity contribution in [2.24, 2.45) is 0 Å². The third-order valence-corrected chi connectivity index (χ3v) is 4.91. The average molecular weight is 269 g/mol. The van der Waals surface area contributed by atoms with Crippen LogP contribution in [0, 0.1) is 6.92 Å². The highest BCUT2D eigenvalue weighted by molar-refractivity contribution is 7.91. The van der Waals surface area contributed by atoms with E-state index in [0.717, 1.165) is 0 Å². The van der Waals surface area contributed by atoms with Crippen molar-refractivity contribution in [3.8, 4) is 0 Å². The van der Waals surface area contributed by atoms with Crippen LogP contribution in [0.5, 0.6) is 0 Å². The van der Waals surface area contributed by atoms with Crippen molar-refractivity contribution < 1.29 is 8.42 Å². The molecule has 4 heteroatoms. The molecule has 0 fully saturated rings. The maximum atomic E-state index is 11.5. The highest BCUT2D eigenvalue weighted by atomic mass is 32.2. The van der Waals surface area contributed by atoms with Crippen LogP contribution in [0.3, 0.4) is 0 Å². The van der Waals surface area contributed by atoms with Crippen LogP contribution >= 0.6 is 0 Å². The molecule has 1 rings (SSSR count). The lowest BCUT2D eigenvalue weighted by molar-refractivity contribution is 0.499. The van der Waals surface area contributed by atoms with E-state index in [1.165, 1.54) is 11.1 Å². The quantitative estimate of drug-likeness (QED) is 0.863. The molecule has 1 aromatic rings. The van der Waals surface area contributed by atoms with E-state index in [-0.39, 0.29) is 23.6 Å². The van der Waals surface area contributed by atoms with Crippen LogP contribution in [0.4, 0.5) is 0 Å². The second kappa shape index (κ2) is 6.34. The molecular weight excluding hydrogens is 246 g/mol. The van der Waals surface area contributed by atoms with E-state index in [9.17, 15) is 8.42 Å². The van der Waals surface area contributed by atoms with Crippen molar-refractivity contribution in [1.29, 1.82) is 0 Å². The summed E-state index contributed by atoms with van der Waals surface area (Å²) in [7, 11) is -2.92. The first kappa shape index (κ1) is 15.2. The molecule has 0 aliphatic carbocycles. The molecule has 3 nitrogen and oxygen atoms in total. The molecule has 0 bridgehead atoms. The standard InChI is InChI=1S/C14H23NO2S/c1-5-18(16,17)10-12(3)15-13(4)14-8-6-7-11(2)9-14/h6-9,12-13,15H,5,10H2,1-4H3/t12?,13-/m1/s1. The van der Waals surface area contributed by atoms with E-state index in [1.807, 2.05) is 13.0 Å². The summed E-state index contributed by atoms with van der Waals surface area (Å²) in [6.07, 6.45) is 0.